The minimum atomic E-state index is -1.12. The van der Waals surface area contributed by atoms with E-state index in [0.717, 1.165) is 12.1 Å². The van der Waals surface area contributed by atoms with E-state index in [1.165, 1.54) is 13.0 Å². The zero-order valence-electron chi connectivity index (χ0n) is 11.9. The van der Waals surface area contributed by atoms with Crippen LogP contribution in [0.25, 0.3) is 0 Å². The van der Waals surface area contributed by atoms with Gasteiger partial charge in [0.1, 0.15) is 17.6 Å². The molecule has 1 aromatic rings. The monoisotopic (exact) mass is 317 g/mol. The average molecular weight is 318 g/mol. The molecule has 0 saturated heterocycles. The molecule has 0 saturated carbocycles. The third-order valence-electron chi connectivity index (χ3n) is 2.80. The smallest absolute Gasteiger partial charge is 0.326 e. The van der Waals surface area contributed by atoms with Gasteiger partial charge in [-0.1, -0.05) is 25.4 Å². The van der Waals surface area contributed by atoms with E-state index >= 15 is 0 Å². The fourth-order valence-electron chi connectivity index (χ4n) is 1.60. The highest BCUT2D eigenvalue weighted by molar-refractivity contribution is 6.32. The van der Waals surface area contributed by atoms with Gasteiger partial charge in [-0.15, -0.1) is 0 Å². The molecule has 7 heteroatoms. The average Bonchev–Trinajstić information content (AvgIpc) is 2.37. The Morgan fingerprint density at radius 1 is 1.33 bits per heavy atom. The van der Waals surface area contributed by atoms with Crippen LogP contribution in [0.1, 0.15) is 20.8 Å². The molecule has 0 radical (unpaired) electrons. The molecule has 5 nitrogen and oxygen atoms in total. The van der Waals surface area contributed by atoms with Gasteiger partial charge in [-0.05, 0) is 31.0 Å². The first-order valence-corrected chi connectivity index (χ1v) is 6.75. The largest absolute Gasteiger partial charge is 0.480 e. The number of carbonyl (C=O) groups is 2. The molecule has 0 spiro atoms. The van der Waals surface area contributed by atoms with Crippen LogP contribution in [0.5, 0.6) is 5.75 Å². The van der Waals surface area contributed by atoms with Crippen LogP contribution in [-0.2, 0) is 9.59 Å². The van der Waals surface area contributed by atoms with Gasteiger partial charge in [-0.2, -0.15) is 0 Å². The van der Waals surface area contributed by atoms with Crippen LogP contribution in [0.2, 0.25) is 5.02 Å². The van der Waals surface area contributed by atoms with Crippen molar-refractivity contribution in [1.82, 2.24) is 5.32 Å². The highest BCUT2D eigenvalue weighted by Crippen LogP contribution is 2.25. The third-order valence-corrected chi connectivity index (χ3v) is 3.09. The highest BCUT2D eigenvalue weighted by Gasteiger charge is 2.26. The van der Waals surface area contributed by atoms with Crippen LogP contribution in [0.3, 0.4) is 0 Å². The van der Waals surface area contributed by atoms with Gasteiger partial charge < -0.3 is 15.2 Å². The lowest BCUT2D eigenvalue weighted by molar-refractivity contribution is -0.144. The summed E-state index contributed by atoms with van der Waals surface area (Å²) in [7, 11) is 0. The Bertz CT molecular complexity index is 536. The van der Waals surface area contributed by atoms with Gasteiger partial charge in [0.15, 0.2) is 6.10 Å². The van der Waals surface area contributed by atoms with Crippen LogP contribution < -0.4 is 10.1 Å². The molecule has 116 valence electrons. The Labute approximate surface area is 127 Å². The maximum Gasteiger partial charge on any atom is 0.326 e. The van der Waals surface area contributed by atoms with Crippen LogP contribution >= 0.6 is 11.6 Å². The number of carboxylic acids is 1. The van der Waals surface area contributed by atoms with E-state index in [-0.39, 0.29) is 16.7 Å². The lowest BCUT2D eigenvalue weighted by atomic mass is 10.0. The normalized spacial score (nSPS) is 13.6. The Morgan fingerprint density at radius 3 is 2.43 bits per heavy atom. The number of nitrogens with one attached hydrogen (secondary N) is 1. The van der Waals surface area contributed by atoms with Crippen molar-refractivity contribution < 1.29 is 23.8 Å². The van der Waals surface area contributed by atoms with Crippen LogP contribution in [0.15, 0.2) is 18.2 Å². The molecule has 1 rings (SSSR count). The molecule has 2 N–H and O–H groups in total. The van der Waals surface area contributed by atoms with Crippen molar-refractivity contribution >= 4 is 23.5 Å². The summed E-state index contributed by atoms with van der Waals surface area (Å²) in [5.41, 5.74) is 0. The van der Waals surface area contributed by atoms with Gasteiger partial charge in [0, 0.05) is 0 Å². The summed E-state index contributed by atoms with van der Waals surface area (Å²) in [6.07, 6.45) is -0.964. The summed E-state index contributed by atoms with van der Waals surface area (Å²) in [4.78, 5) is 23.0. The van der Waals surface area contributed by atoms with Gasteiger partial charge >= 0.3 is 5.97 Å². The quantitative estimate of drug-likeness (QED) is 0.845. The Hall–Kier alpha value is -1.82. The Morgan fingerprint density at radius 2 is 1.95 bits per heavy atom. The molecular formula is C14H17ClFNO4. The number of halogens is 2. The second kappa shape index (κ2) is 7.26. The first-order valence-electron chi connectivity index (χ1n) is 6.37. The van der Waals surface area contributed by atoms with Gasteiger partial charge in [0.2, 0.25) is 0 Å². The van der Waals surface area contributed by atoms with Crippen molar-refractivity contribution in [3.05, 3.63) is 29.0 Å². The van der Waals surface area contributed by atoms with Crippen molar-refractivity contribution in [2.75, 3.05) is 0 Å². The molecule has 0 bridgehead atoms. The summed E-state index contributed by atoms with van der Waals surface area (Å²) in [5, 5.41) is 11.4. The minimum Gasteiger partial charge on any atom is -0.480 e. The van der Waals surface area contributed by atoms with Crippen molar-refractivity contribution in [3.8, 4) is 5.75 Å². The van der Waals surface area contributed by atoms with E-state index in [1.54, 1.807) is 13.8 Å². The topological polar surface area (TPSA) is 75.6 Å². The molecule has 0 aliphatic carbocycles. The molecule has 0 aliphatic rings. The third kappa shape index (κ3) is 4.90. The van der Waals surface area contributed by atoms with Crippen molar-refractivity contribution in [1.29, 1.82) is 0 Å². The van der Waals surface area contributed by atoms with Crippen LogP contribution in [0.4, 0.5) is 4.39 Å². The minimum absolute atomic E-state index is 0.0355. The van der Waals surface area contributed by atoms with E-state index in [9.17, 15) is 14.0 Å². The number of aliphatic carboxylic acids is 1. The standard InChI is InChI=1S/C14H17ClFNO4/c1-7(2)12(14(19)20)17-13(18)8(3)21-11-5-4-9(16)6-10(11)15/h4-8,12H,1-3H3,(H,17,18)(H,19,20)/t8?,12-/m1/s1. The first-order chi connectivity index (χ1) is 9.72. The van der Waals surface area contributed by atoms with Gasteiger partial charge in [0.25, 0.3) is 5.91 Å². The molecule has 2 atom stereocenters. The highest BCUT2D eigenvalue weighted by atomic mass is 35.5. The summed E-state index contributed by atoms with van der Waals surface area (Å²) in [5.74, 6) is -2.35. The van der Waals surface area contributed by atoms with Crippen molar-refractivity contribution in [3.63, 3.8) is 0 Å². The molecule has 1 amide bonds. The van der Waals surface area contributed by atoms with Gasteiger partial charge in [0.05, 0.1) is 5.02 Å². The molecule has 1 unspecified atom stereocenters. The fraction of sp³-hybridized carbons (Fsp3) is 0.429. The van der Waals surface area contributed by atoms with E-state index in [4.69, 9.17) is 21.4 Å². The van der Waals surface area contributed by atoms with Crippen LogP contribution in [-0.4, -0.2) is 29.1 Å². The molecule has 0 aliphatic heterocycles. The summed E-state index contributed by atoms with van der Waals surface area (Å²) in [6, 6.07) is 2.51. The van der Waals surface area contributed by atoms with Crippen molar-refractivity contribution in [2.24, 2.45) is 5.92 Å². The summed E-state index contributed by atoms with van der Waals surface area (Å²) in [6.45, 7) is 4.82. The predicted octanol–water partition coefficient (Wildman–Crippen LogP) is 2.47. The fourth-order valence-corrected chi connectivity index (χ4v) is 1.81. The maximum atomic E-state index is 12.9. The Kier molecular flexibility index (Phi) is 5.96. The predicted molar refractivity (Wildman–Crippen MR) is 75.9 cm³/mol. The second-order valence-electron chi connectivity index (χ2n) is 4.90. The van der Waals surface area contributed by atoms with E-state index in [2.05, 4.69) is 5.32 Å². The number of rotatable bonds is 6. The summed E-state index contributed by atoms with van der Waals surface area (Å²) < 4.78 is 18.2. The number of amides is 1. The SMILES string of the molecule is CC(Oc1ccc(F)cc1Cl)C(=O)N[C@@H](C(=O)O)C(C)C. The Balaban J connectivity index is 2.72. The molecule has 21 heavy (non-hydrogen) atoms. The van der Waals surface area contributed by atoms with Gasteiger partial charge in [-0.25, -0.2) is 9.18 Å². The number of carbonyl (C=O) groups excluding carboxylic acids is 1. The number of carboxylic acid groups (broad SMARTS) is 1. The van der Waals surface area contributed by atoms with E-state index in [1.807, 2.05) is 0 Å². The summed E-state index contributed by atoms with van der Waals surface area (Å²) >= 11 is 5.79. The zero-order chi connectivity index (χ0) is 16.2. The van der Waals surface area contributed by atoms with Gasteiger partial charge in [-0.3, -0.25) is 4.79 Å². The zero-order valence-corrected chi connectivity index (χ0v) is 12.6. The maximum absolute atomic E-state index is 12.9. The number of benzene rings is 1. The van der Waals surface area contributed by atoms with Crippen molar-refractivity contribution in [2.45, 2.75) is 32.9 Å². The number of ether oxygens (including phenoxy) is 1. The molecule has 0 heterocycles. The van der Waals surface area contributed by atoms with E-state index in [0.29, 0.717) is 0 Å². The second-order valence-corrected chi connectivity index (χ2v) is 5.31. The number of hydrogen-bond donors (Lipinski definition) is 2. The number of hydrogen-bond acceptors (Lipinski definition) is 3. The lowest BCUT2D eigenvalue weighted by Crippen LogP contribution is -2.48. The van der Waals surface area contributed by atoms with E-state index < -0.39 is 29.8 Å². The molecule has 0 fully saturated rings. The molecular weight excluding hydrogens is 301 g/mol. The van der Waals surface area contributed by atoms with Crippen LogP contribution in [0, 0.1) is 11.7 Å². The first kappa shape index (κ1) is 17.2. The lowest BCUT2D eigenvalue weighted by Gasteiger charge is -2.21. The molecule has 0 aromatic heterocycles. The molecule has 1 aromatic carbocycles.